The molecule has 0 aliphatic carbocycles. The van der Waals surface area contributed by atoms with E-state index < -0.39 is 12.1 Å². The molecular weight excluding hydrogens is 313 g/mol. The summed E-state index contributed by atoms with van der Waals surface area (Å²) in [6, 6.07) is 13.4. The predicted molar refractivity (Wildman–Crippen MR) is 91.3 cm³/mol. The van der Waals surface area contributed by atoms with Crippen LogP contribution in [-0.4, -0.2) is 29.4 Å². The van der Waals surface area contributed by atoms with Crippen molar-refractivity contribution < 1.29 is 14.3 Å². The third kappa shape index (κ3) is 4.81. The highest BCUT2D eigenvalue weighted by atomic mass is 32.2. The zero-order valence-corrected chi connectivity index (χ0v) is 13.9. The number of carbonyl (C=O) groups is 1. The van der Waals surface area contributed by atoms with Gasteiger partial charge in [0.1, 0.15) is 5.82 Å². The Bertz CT molecular complexity index is 663. The van der Waals surface area contributed by atoms with Gasteiger partial charge in [0.25, 0.3) is 5.91 Å². The molecule has 0 saturated carbocycles. The van der Waals surface area contributed by atoms with Crippen molar-refractivity contribution in [3.05, 3.63) is 65.5 Å². The summed E-state index contributed by atoms with van der Waals surface area (Å²) in [5, 5.41) is 13.0. The van der Waals surface area contributed by atoms with E-state index in [9.17, 15) is 14.3 Å². The quantitative estimate of drug-likeness (QED) is 0.798. The number of hydrogen-bond acceptors (Lipinski definition) is 3. The Morgan fingerprint density at radius 2 is 1.96 bits per heavy atom. The Labute approximate surface area is 139 Å². The lowest BCUT2D eigenvalue weighted by Gasteiger charge is -2.20. The van der Waals surface area contributed by atoms with Crippen LogP contribution in [0.4, 0.5) is 4.39 Å². The van der Waals surface area contributed by atoms with E-state index in [0.717, 1.165) is 5.56 Å². The number of aliphatic hydroxyl groups excluding tert-OH is 1. The van der Waals surface area contributed by atoms with E-state index in [1.807, 2.05) is 30.3 Å². The van der Waals surface area contributed by atoms with Crippen molar-refractivity contribution >= 4 is 17.7 Å². The second-order valence-electron chi connectivity index (χ2n) is 5.37. The third-order valence-electron chi connectivity index (χ3n) is 3.64. The van der Waals surface area contributed by atoms with Crippen molar-refractivity contribution in [2.24, 2.45) is 0 Å². The maximum atomic E-state index is 13.5. The first-order valence-electron chi connectivity index (χ1n) is 7.37. The van der Waals surface area contributed by atoms with E-state index >= 15 is 0 Å². The molecule has 5 heteroatoms. The van der Waals surface area contributed by atoms with Crippen molar-refractivity contribution in [3.63, 3.8) is 0 Å². The molecule has 2 atom stereocenters. The Hall–Kier alpha value is -1.85. The summed E-state index contributed by atoms with van der Waals surface area (Å²) in [4.78, 5) is 12.7. The predicted octanol–water partition coefficient (Wildman–Crippen LogP) is 3.27. The van der Waals surface area contributed by atoms with Gasteiger partial charge in [0.15, 0.2) is 0 Å². The molecule has 0 aliphatic heterocycles. The molecule has 0 aliphatic rings. The van der Waals surface area contributed by atoms with Gasteiger partial charge in [-0.3, -0.25) is 4.79 Å². The first-order chi connectivity index (χ1) is 11.0. The van der Waals surface area contributed by atoms with Crippen molar-refractivity contribution in [2.75, 3.05) is 6.26 Å². The van der Waals surface area contributed by atoms with Gasteiger partial charge in [0, 0.05) is 16.9 Å². The van der Waals surface area contributed by atoms with Crippen molar-refractivity contribution in [1.29, 1.82) is 0 Å². The van der Waals surface area contributed by atoms with E-state index in [1.54, 1.807) is 13.2 Å². The molecule has 2 unspecified atom stereocenters. The first kappa shape index (κ1) is 17.5. The minimum absolute atomic E-state index is 0.320. The van der Waals surface area contributed by atoms with Gasteiger partial charge >= 0.3 is 0 Å². The second-order valence-corrected chi connectivity index (χ2v) is 6.22. The lowest BCUT2D eigenvalue weighted by molar-refractivity contribution is 0.0851. The molecule has 122 valence electrons. The number of rotatable bonds is 6. The van der Waals surface area contributed by atoms with E-state index in [1.165, 1.54) is 30.0 Å². The summed E-state index contributed by atoms with van der Waals surface area (Å²) in [7, 11) is 0. The number of amides is 1. The Morgan fingerprint density at radius 3 is 2.61 bits per heavy atom. The first-order valence-corrected chi connectivity index (χ1v) is 8.60. The van der Waals surface area contributed by atoms with Crippen LogP contribution >= 0.6 is 11.8 Å². The molecule has 23 heavy (non-hydrogen) atoms. The van der Waals surface area contributed by atoms with Crippen LogP contribution in [-0.2, 0) is 6.42 Å². The highest BCUT2D eigenvalue weighted by Crippen LogP contribution is 2.20. The molecule has 2 N–H and O–H groups in total. The van der Waals surface area contributed by atoms with Crippen LogP contribution in [0.2, 0.25) is 0 Å². The molecule has 0 heterocycles. The minimum atomic E-state index is -0.693. The van der Waals surface area contributed by atoms with Crippen molar-refractivity contribution in [2.45, 2.75) is 30.4 Å². The fraction of sp³-hybridized carbons (Fsp3) is 0.278. The summed E-state index contributed by atoms with van der Waals surface area (Å²) in [6.07, 6.45) is 1.52. The molecular formula is C18H20FNO2S. The Kier molecular flexibility index (Phi) is 6.19. The summed E-state index contributed by atoms with van der Waals surface area (Å²) < 4.78 is 13.5. The highest BCUT2D eigenvalue weighted by Gasteiger charge is 2.18. The smallest absolute Gasteiger partial charge is 0.251 e. The summed E-state index contributed by atoms with van der Waals surface area (Å²) in [6.45, 7) is 1.75. The van der Waals surface area contributed by atoms with Crippen molar-refractivity contribution in [3.8, 4) is 0 Å². The maximum Gasteiger partial charge on any atom is 0.251 e. The number of hydrogen-bond donors (Lipinski definition) is 2. The van der Waals surface area contributed by atoms with Crippen LogP contribution in [0, 0.1) is 5.82 Å². The molecule has 2 rings (SSSR count). The number of carbonyl (C=O) groups excluding carboxylic acids is 1. The average molecular weight is 333 g/mol. The third-order valence-corrected chi connectivity index (χ3v) is 4.39. The fourth-order valence-electron chi connectivity index (χ4n) is 2.22. The van der Waals surface area contributed by atoms with E-state index in [4.69, 9.17) is 0 Å². The number of halogens is 1. The maximum absolute atomic E-state index is 13.5. The van der Waals surface area contributed by atoms with Crippen LogP contribution in [0.15, 0.2) is 53.4 Å². The normalized spacial score (nSPS) is 13.4. The van der Waals surface area contributed by atoms with Gasteiger partial charge in [-0.15, -0.1) is 11.8 Å². The molecule has 1 amide bonds. The largest absolute Gasteiger partial charge is 0.391 e. The van der Waals surface area contributed by atoms with E-state index in [2.05, 4.69) is 5.32 Å². The van der Waals surface area contributed by atoms with Crippen molar-refractivity contribution in [1.82, 2.24) is 5.32 Å². The van der Waals surface area contributed by atoms with E-state index in [-0.39, 0.29) is 11.7 Å². The molecule has 0 aromatic heterocycles. The molecule has 0 fully saturated rings. The fourth-order valence-corrected chi connectivity index (χ4v) is 2.73. The minimum Gasteiger partial charge on any atom is -0.391 e. The van der Waals surface area contributed by atoms with Crippen LogP contribution in [0.3, 0.4) is 0 Å². The van der Waals surface area contributed by atoms with Gasteiger partial charge in [-0.05, 0) is 36.9 Å². The number of benzene rings is 2. The number of thioether (sulfide) groups is 1. The summed E-state index contributed by atoms with van der Waals surface area (Å²) in [5.41, 5.74) is 1.39. The zero-order chi connectivity index (χ0) is 16.8. The Balaban J connectivity index is 1.99. The van der Waals surface area contributed by atoms with Crippen LogP contribution in [0.5, 0.6) is 0 Å². The van der Waals surface area contributed by atoms with Gasteiger partial charge in [-0.25, -0.2) is 4.39 Å². The second kappa shape index (κ2) is 8.13. The topological polar surface area (TPSA) is 49.3 Å². The molecule has 0 bridgehead atoms. The lowest BCUT2D eigenvalue weighted by atomic mass is 10.0. The zero-order valence-electron chi connectivity index (χ0n) is 13.1. The molecule has 2 aromatic rings. The van der Waals surface area contributed by atoms with Gasteiger partial charge in [-0.2, -0.15) is 0 Å². The van der Waals surface area contributed by atoms with Crippen LogP contribution in [0.1, 0.15) is 22.8 Å². The van der Waals surface area contributed by atoms with Gasteiger partial charge in [0.05, 0.1) is 12.1 Å². The molecule has 0 radical (unpaired) electrons. The van der Waals surface area contributed by atoms with E-state index in [0.29, 0.717) is 16.9 Å². The van der Waals surface area contributed by atoms with Crippen LogP contribution < -0.4 is 5.32 Å². The van der Waals surface area contributed by atoms with Gasteiger partial charge < -0.3 is 10.4 Å². The molecule has 3 nitrogen and oxygen atoms in total. The Morgan fingerprint density at radius 1 is 1.26 bits per heavy atom. The number of aliphatic hydroxyl groups is 1. The lowest BCUT2D eigenvalue weighted by Crippen LogP contribution is -2.42. The SMILES string of the molecule is CSc1cc(C(=O)NC(C)C(O)Cc2ccccc2)ccc1F. The van der Waals surface area contributed by atoms with Gasteiger partial charge in [0.2, 0.25) is 0 Å². The van der Waals surface area contributed by atoms with Gasteiger partial charge in [-0.1, -0.05) is 30.3 Å². The molecule has 2 aromatic carbocycles. The average Bonchev–Trinajstić information content (AvgIpc) is 2.56. The summed E-state index contributed by atoms with van der Waals surface area (Å²) >= 11 is 1.25. The standard InChI is InChI=1S/C18H20FNO2S/c1-12(16(21)10-13-6-4-3-5-7-13)20-18(22)14-8-9-15(19)17(11-14)23-2/h3-9,11-12,16,21H,10H2,1-2H3,(H,20,22). The van der Waals surface area contributed by atoms with Crippen LogP contribution in [0.25, 0.3) is 0 Å². The highest BCUT2D eigenvalue weighted by molar-refractivity contribution is 7.98. The monoisotopic (exact) mass is 333 g/mol. The number of nitrogens with one attached hydrogen (secondary N) is 1. The molecule has 0 spiro atoms. The summed E-state index contributed by atoms with van der Waals surface area (Å²) in [5.74, 6) is -0.661. The molecule has 0 saturated heterocycles.